The highest BCUT2D eigenvalue weighted by Gasteiger charge is 2.40. The van der Waals surface area contributed by atoms with Crippen molar-refractivity contribution in [3.63, 3.8) is 0 Å². The average Bonchev–Trinajstić information content (AvgIpc) is 2.77. The van der Waals surface area contributed by atoms with Crippen LogP contribution in [0.1, 0.15) is 38.1 Å². The summed E-state index contributed by atoms with van der Waals surface area (Å²) >= 11 is 7.49. The highest BCUT2D eigenvalue weighted by molar-refractivity contribution is 7.15. The standard InChI is InChI=1S/C11H17ClN2S/c1-11(2,3)14-5-7-4-8(7)10-13-6-9(12)15-10/h6-8,14H,4-5H2,1-3H3. The first-order valence-electron chi connectivity index (χ1n) is 5.32. The smallest absolute Gasteiger partial charge is 0.113 e. The molecule has 2 unspecified atom stereocenters. The molecule has 1 aromatic heterocycles. The van der Waals surface area contributed by atoms with Gasteiger partial charge in [-0.25, -0.2) is 4.98 Å². The van der Waals surface area contributed by atoms with Gasteiger partial charge < -0.3 is 5.32 Å². The van der Waals surface area contributed by atoms with Crippen LogP contribution >= 0.6 is 22.9 Å². The Labute approximate surface area is 100 Å². The van der Waals surface area contributed by atoms with E-state index in [0.717, 1.165) is 16.8 Å². The molecule has 1 aromatic rings. The third-order valence-corrected chi connectivity index (χ3v) is 3.88. The van der Waals surface area contributed by atoms with E-state index in [1.54, 1.807) is 17.5 Å². The topological polar surface area (TPSA) is 24.9 Å². The summed E-state index contributed by atoms with van der Waals surface area (Å²) in [6.45, 7) is 7.69. The fourth-order valence-electron chi connectivity index (χ4n) is 1.65. The Bertz CT molecular complexity index is 343. The molecule has 0 saturated heterocycles. The number of nitrogens with one attached hydrogen (secondary N) is 1. The summed E-state index contributed by atoms with van der Waals surface area (Å²) in [6.07, 6.45) is 3.01. The summed E-state index contributed by atoms with van der Waals surface area (Å²) < 4.78 is 0.805. The maximum absolute atomic E-state index is 5.87. The molecule has 0 bridgehead atoms. The van der Waals surface area contributed by atoms with E-state index in [1.165, 1.54) is 11.4 Å². The number of hydrogen-bond acceptors (Lipinski definition) is 3. The first kappa shape index (κ1) is 11.4. The van der Waals surface area contributed by atoms with Gasteiger partial charge in [0.1, 0.15) is 4.34 Å². The number of rotatable bonds is 3. The van der Waals surface area contributed by atoms with Crippen molar-refractivity contribution in [1.82, 2.24) is 10.3 Å². The van der Waals surface area contributed by atoms with E-state index in [0.29, 0.717) is 5.92 Å². The zero-order valence-electron chi connectivity index (χ0n) is 9.38. The first-order chi connectivity index (χ1) is 6.96. The molecule has 2 atom stereocenters. The van der Waals surface area contributed by atoms with E-state index in [9.17, 15) is 0 Å². The molecule has 15 heavy (non-hydrogen) atoms. The van der Waals surface area contributed by atoms with Gasteiger partial charge in [0.2, 0.25) is 0 Å². The summed E-state index contributed by atoms with van der Waals surface area (Å²) in [5, 5.41) is 4.74. The monoisotopic (exact) mass is 244 g/mol. The molecule has 1 N–H and O–H groups in total. The minimum Gasteiger partial charge on any atom is -0.312 e. The number of nitrogens with zero attached hydrogens (tertiary/aromatic N) is 1. The molecule has 1 aliphatic rings. The predicted octanol–water partition coefficient (Wildman–Crippen LogP) is 3.29. The van der Waals surface area contributed by atoms with Crippen molar-refractivity contribution in [1.29, 1.82) is 0 Å². The van der Waals surface area contributed by atoms with E-state index >= 15 is 0 Å². The molecule has 4 heteroatoms. The van der Waals surface area contributed by atoms with Crippen LogP contribution in [0.25, 0.3) is 0 Å². The van der Waals surface area contributed by atoms with Gasteiger partial charge in [-0.15, -0.1) is 11.3 Å². The van der Waals surface area contributed by atoms with Crippen LogP contribution in [-0.2, 0) is 0 Å². The number of halogens is 1. The molecule has 1 saturated carbocycles. The molecule has 0 spiro atoms. The SMILES string of the molecule is CC(C)(C)NCC1CC1c1ncc(Cl)s1. The Hall–Kier alpha value is -0.120. The maximum atomic E-state index is 5.87. The van der Waals surface area contributed by atoms with Crippen molar-refractivity contribution in [2.75, 3.05) is 6.54 Å². The van der Waals surface area contributed by atoms with E-state index in [1.807, 2.05) is 0 Å². The fraction of sp³-hybridized carbons (Fsp3) is 0.727. The quantitative estimate of drug-likeness (QED) is 0.883. The molecule has 2 rings (SSSR count). The molecule has 1 aliphatic carbocycles. The summed E-state index contributed by atoms with van der Waals surface area (Å²) in [6, 6.07) is 0. The van der Waals surface area contributed by atoms with Crippen LogP contribution < -0.4 is 5.32 Å². The molecule has 1 heterocycles. The van der Waals surface area contributed by atoms with Crippen molar-refractivity contribution >= 4 is 22.9 Å². The molecule has 0 amide bonds. The Morgan fingerprint density at radius 2 is 2.33 bits per heavy atom. The van der Waals surface area contributed by atoms with Crippen LogP contribution in [0.2, 0.25) is 4.34 Å². The van der Waals surface area contributed by atoms with E-state index in [-0.39, 0.29) is 5.54 Å². The second kappa shape index (κ2) is 4.04. The van der Waals surface area contributed by atoms with Gasteiger partial charge in [-0.3, -0.25) is 0 Å². The van der Waals surface area contributed by atoms with Gasteiger partial charge in [0, 0.05) is 11.5 Å². The minimum absolute atomic E-state index is 0.216. The van der Waals surface area contributed by atoms with Gasteiger partial charge in [-0.1, -0.05) is 11.6 Å². The van der Waals surface area contributed by atoms with Crippen LogP contribution in [-0.4, -0.2) is 17.1 Å². The van der Waals surface area contributed by atoms with Crippen molar-refractivity contribution in [2.45, 2.75) is 38.6 Å². The second-order valence-corrected chi connectivity index (χ2v) is 6.93. The lowest BCUT2D eigenvalue weighted by atomic mass is 10.1. The van der Waals surface area contributed by atoms with Crippen molar-refractivity contribution in [3.8, 4) is 0 Å². The zero-order valence-corrected chi connectivity index (χ0v) is 11.0. The average molecular weight is 245 g/mol. The molecule has 1 fully saturated rings. The van der Waals surface area contributed by atoms with Crippen LogP contribution in [0.5, 0.6) is 0 Å². The van der Waals surface area contributed by atoms with Crippen molar-refractivity contribution in [2.24, 2.45) is 5.92 Å². The van der Waals surface area contributed by atoms with E-state index < -0.39 is 0 Å². The molecule has 2 nitrogen and oxygen atoms in total. The van der Waals surface area contributed by atoms with Gasteiger partial charge in [0.15, 0.2) is 0 Å². The Kier molecular flexibility index (Phi) is 3.06. The molecule has 0 aliphatic heterocycles. The molecule has 84 valence electrons. The lowest BCUT2D eigenvalue weighted by Gasteiger charge is -2.20. The van der Waals surface area contributed by atoms with E-state index in [4.69, 9.17) is 11.6 Å². The number of thiazole rings is 1. The Balaban J connectivity index is 1.81. The van der Waals surface area contributed by atoms with Gasteiger partial charge in [0.25, 0.3) is 0 Å². The number of aromatic nitrogens is 1. The van der Waals surface area contributed by atoms with Crippen LogP contribution in [0, 0.1) is 5.92 Å². The molecule has 0 radical (unpaired) electrons. The van der Waals surface area contributed by atoms with Gasteiger partial charge in [-0.05, 0) is 39.7 Å². The van der Waals surface area contributed by atoms with Gasteiger partial charge in [-0.2, -0.15) is 0 Å². The summed E-state index contributed by atoms with van der Waals surface area (Å²) in [7, 11) is 0. The van der Waals surface area contributed by atoms with Gasteiger partial charge >= 0.3 is 0 Å². The summed E-state index contributed by atoms with van der Waals surface area (Å²) in [5.41, 5.74) is 0.216. The Morgan fingerprint density at radius 3 is 2.87 bits per heavy atom. The van der Waals surface area contributed by atoms with Crippen molar-refractivity contribution < 1.29 is 0 Å². The lowest BCUT2D eigenvalue weighted by Crippen LogP contribution is -2.37. The Morgan fingerprint density at radius 1 is 1.60 bits per heavy atom. The normalized spacial score (nSPS) is 25.6. The van der Waals surface area contributed by atoms with Crippen LogP contribution in [0.3, 0.4) is 0 Å². The largest absolute Gasteiger partial charge is 0.312 e. The highest BCUT2D eigenvalue weighted by atomic mass is 35.5. The van der Waals surface area contributed by atoms with Crippen molar-refractivity contribution in [3.05, 3.63) is 15.5 Å². The number of hydrogen-bond donors (Lipinski definition) is 1. The van der Waals surface area contributed by atoms with Crippen LogP contribution in [0.4, 0.5) is 0 Å². The summed E-state index contributed by atoms with van der Waals surface area (Å²) in [4.78, 5) is 4.33. The fourth-order valence-corrected chi connectivity index (χ4v) is 2.79. The van der Waals surface area contributed by atoms with E-state index in [2.05, 4.69) is 31.1 Å². The molecular formula is C11H17ClN2S. The highest BCUT2D eigenvalue weighted by Crippen LogP contribution is 2.48. The minimum atomic E-state index is 0.216. The van der Waals surface area contributed by atoms with Crippen LogP contribution in [0.15, 0.2) is 6.20 Å². The van der Waals surface area contributed by atoms with Gasteiger partial charge in [0.05, 0.1) is 11.2 Å². The molecule has 0 aromatic carbocycles. The maximum Gasteiger partial charge on any atom is 0.113 e. The molecular weight excluding hydrogens is 228 g/mol. The third kappa shape index (κ3) is 3.16. The third-order valence-electron chi connectivity index (χ3n) is 2.63. The second-order valence-electron chi connectivity index (χ2n) is 5.24. The zero-order chi connectivity index (χ0) is 11.1. The predicted molar refractivity (Wildman–Crippen MR) is 65.7 cm³/mol. The summed E-state index contributed by atoms with van der Waals surface area (Å²) in [5.74, 6) is 1.41. The lowest BCUT2D eigenvalue weighted by molar-refractivity contribution is 0.414. The first-order valence-corrected chi connectivity index (χ1v) is 6.51.